The first-order valence-electron chi connectivity index (χ1n) is 5.84. The van der Waals surface area contributed by atoms with Crippen LogP contribution in [0, 0.1) is 6.92 Å². The molecule has 1 rings (SSSR count). The Labute approximate surface area is 113 Å². The zero-order valence-electron chi connectivity index (χ0n) is 11.0. The third-order valence-corrected chi connectivity index (χ3v) is 4.03. The number of carbonyl (C=O) groups is 1. The fraction of sp³-hybridized carbons (Fsp3) is 0.308. The van der Waals surface area contributed by atoms with Crippen LogP contribution in [-0.4, -0.2) is 26.9 Å². The standard InChI is InChI=1S/C13H18N2O3S/c1-4-9-14-13(16)11(3)15-19(17,18)12-7-5-10(2)6-8-12/h4-8,11,15H,1,9H2,2-3H3,(H,14,16). The number of aryl methyl sites for hydroxylation is 1. The molecule has 0 aromatic heterocycles. The molecule has 1 aromatic rings. The topological polar surface area (TPSA) is 75.3 Å². The average molecular weight is 282 g/mol. The summed E-state index contributed by atoms with van der Waals surface area (Å²) in [5.41, 5.74) is 0.968. The molecule has 0 aliphatic rings. The van der Waals surface area contributed by atoms with Crippen LogP contribution in [0.3, 0.4) is 0 Å². The molecule has 0 radical (unpaired) electrons. The third kappa shape index (κ3) is 4.50. The summed E-state index contributed by atoms with van der Waals surface area (Å²) in [5, 5.41) is 2.53. The molecular weight excluding hydrogens is 264 g/mol. The molecule has 19 heavy (non-hydrogen) atoms. The lowest BCUT2D eigenvalue weighted by Gasteiger charge is -2.13. The van der Waals surface area contributed by atoms with Crippen molar-refractivity contribution in [3.05, 3.63) is 42.5 Å². The molecule has 0 bridgehead atoms. The van der Waals surface area contributed by atoms with Crippen LogP contribution in [0.5, 0.6) is 0 Å². The number of rotatable bonds is 6. The average Bonchev–Trinajstić information content (AvgIpc) is 2.35. The van der Waals surface area contributed by atoms with E-state index in [1.165, 1.54) is 25.1 Å². The van der Waals surface area contributed by atoms with Crippen molar-refractivity contribution < 1.29 is 13.2 Å². The molecule has 0 saturated carbocycles. The molecule has 0 saturated heterocycles. The largest absolute Gasteiger partial charge is 0.351 e. The van der Waals surface area contributed by atoms with Gasteiger partial charge in [0.2, 0.25) is 15.9 Å². The zero-order chi connectivity index (χ0) is 14.5. The Morgan fingerprint density at radius 1 is 1.37 bits per heavy atom. The van der Waals surface area contributed by atoms with Crippen LogP contribution in [-0.2, 0) is 14.8 Å². The molecular formula is C13H18N2O3S. The predicted octanol–water partition coefficient (Wildman–Crippen LogP) is 0.964. The van der Waals surface area contributed by atoms with Crippen LogP contribution in [0.4, 0.5) is 0 Å². The lowest BCUT2D eigenvalue weighted by Crippen LogP contribution is -2.44. The van der Waals surface area contributed by atoms with Crippen molar-refractivity contribution in [1.29, 1.82) is 0 Å². The maximum atomic E-state index is 12.0. The van der Waals surface area contributed by atoms with E-state index >= 15 is 0 Å². The van der Waals surface area contributed by atoms with Gasteiger partial charge in [0, 0.05) is 6.54 Å². The van der Waals surface area contributed by atoms with Gasteiger partial charge in [0.1, 0.15) is 0 Å². The van der Waals surface area contributed by atoms with Crippen molar-refractivity contribution >= 4 is 15.9 Å². The van der Waals surface area contributed by atoms with Crippen molar-refractivity contribution in [3.63, 3.8) is 0 Å². The van der Waals surface area contributed by atoms with Crippen molar-refractivity contribution in [2.75, 3.05) is 6.54 Å². The number of hydrogen-bond acceptors (Lipinski definition) is 3. The smallest absolute Gasteiger partial charge is 0.241 e. The Morgan fingerprint density at radius 3 is 2.47 bits per heavy atom. The number of sulfonamides is 1. The predicted molar refractivity (Wildman–Crippen MR) is 74.2 cm³/mol. The minimum absolute atomic E-state index is 0.140. The summed E-state index contributed by atoms with van der Waals surface area (Å²) in [7, 11) is -3.68. The Bertz CT molecular complexity index is 550. The molecule has 6 heteroatoms. The van der Waals surface area contributed by atoms with E-state index in [1.54, 1.807) is 12.1 Å². The van der Waals surface area contributed by atoms with Crippen molar-refractivity contribution in [2.45, 2.75) is 24.8 Å². The summed E-state index contributed by atoms with van der Waals surface area (Å²) in [6.07, 6.45) is 1.53. The number of hydrogen-bond donors (Lipinski definition) is 2. The third-order valence-electron chi connectivity index (χ3n) is 2.48. The molecule has 1 aromatic carbocycles. The Morgan fingerprint density at radius 2 is 1.95 bits per heavy atom. The van der Waals surface area contributed by atoms with Crippen LogP contribution in [0.15, 0.2) is 41.8 Å². The van der Waals surface area contributed by atoms with Crippen molar-refractivity contribution in [3.8, 4) is 0 Å². The van der Waals surface area contributed by atoms with Crippen LogP contribution >= 0.6 is 0 Å². The summed E-state index contributed by atoms with van der Waals surface area (Å²) in [4.78, 5) is 11.7. The zero-order valence-corrected chi connectivity index (χ0v) is 11.8. The van der Waals surface area contributed by atoms with E-state index in [-0.39, 0.29) is 4.90 Å². The van der Waals surface area contributed by atoms with E-state index < -0.39 is 22.0 Å². The lowest BCUT2D eigenvalue weighted by atomic mass is 10.2. The Hall–Kier alpha value is -1.66. The highest BCUT2D eigenvalue weighted by molar-refractivity contribution is 7.89. The maximum absolute atomic E-state index is 12.0. The van der Waals surface area contributed by atoms with Gasteiger partial charge in [0.05, 0.1) is 10.9 Å². The van der Waals surface area contributed by atoms with Crippen molar-refractivity contribution in [1.82, 2.24) is 10.0 Å². The molecule has 104 valence electrons. The number of benzene rings is 1. The highest BCUT2D eigenvalue weighted by Gasteiger charge is 2.21. The Kier molecular flexibility index (Phi) is 5.26. The van der Waals surface area contributed by atoms with Gasteiger partial charge in [0.25, 0.3) is 0 Å². The molecule has 1 unspecified atom stereocenters. The SMILES string of the molecule is C=CCNC(=O)C(C)NS(=O)(=O)c1ccc(C)cc1. The van der Waals surface area contributed by atoms with Gasteiger partial charge >= 0.3 is 0 Å². The highest BCUT2D eigenvalue weighted by Crippen LogP contribution is 2.10. The molecule has 0 heterocycles. The normalized spacial score (nSPS) is 12.7. The van der Waals surface area contributed by atoms with Crippen LogP contribution in [0.1, 0.15) is 12.5 Å². The fourth-order valence-corrected chi connectivity index (χ4v) is 2.60. The van der Waals surface area contributed by atoms with E-state index in [2.05, 4.69) is 16.6 Å². The van der Waals surface area contributed by atoms with E-state index in [0.29, 0.717) is 6.54 Å². The molecule has 0 fully saturated rings. The van der Waals surface area contributed by atoms with Gasteiger partial charge in [-0.3, -0.25) is 4.79 Å². The molecule has 1 atom stereocenters. The summed E-state index contributed by atoms with van der Waals surface area (Å²) in [6.45, 7) is 7.13. The lowest BCUT2D eigenvalue weighted by molar-refractivity contribution is -0.122. The maximum Gasteiger partial charge on any atom is 0.241 e. The molecule has 0 aliphatic carbocycles. The minimum atomic E-state index is -3.68. The second kappa shape index (κ2) is 6.49. The second-order valence-corrected chi connectivity index (χ2v) is 5.90. The first-order valence-corrected chi connectivity index (χ1v) is 7.32. The van der Waals surface area contributed by atoms with E-state index in [1.807, 2.05) is 6.92 Å². The van der Waals surface area contributed by atoms with Crippen molar-refractivity contribution in [2.24, 2.45) is 0 Å². The van der Waals surface area contributed by atoms with Crippen LogP contribution < -0.4 is 10.0 Å². The molecule has 1 amide bonds. The van der Waals surface area contributed by atoms with Gasteiger partial charge in [-0.15, -0.1) is 6.58 Å². The van der Waals surface area contributed by atoms with Gasteiger partial charge in [-0.25, -0.2) is 8.42 Å². The van der Waals surface area contributed by atoms with Gasteiger partial charge in [-0.2, -0.15) is 4.72 Å². The molecule has 0 aliphatic heterocycles. The van der Waals surface area contributed by atoms with Gasteiger partial charge < -0.3 is 5.32 Å². The van der Waals surface area contributed by atoms with E-state index in [4.69, 9.17) is 0 Å². The van der Waals surface area contributed by atoms with Crippen LogP contribution in [0.2, 0.25) is 0 Å². The monoisotopic (exact) mass is 282 g/mol. The van der Waals surface area contributed by atoms with Gasteiger partial charge in [0.15, 0.2) is 0 Å². The molecule has 2 N–H and O–H groups in total. The van der Waals surface area contributed by atoms with Gasteiger partial charge in [-0.1, -0.05) is 23.8 Å². The first-order chi connectivity index (χ1) is 8.86. The van der Waals surface area contributed by atoms with Gasteiger partial charge in [-0.05, 0) is 26.0 Å². The van der Waals surface area contributed by atoms with E-state index in [9.17, 15) is 13.2 Å². The number of amides is 1. The number of carbonyl (C=O) groups excluding carboxylic acids is 1. The quantitative estimate of drug-likeness (QED) is 0.763. The van der Waals surface area contributed by atoms with E-state index in [0.717, 1.165) is 5.56 Å². The summed E-state index contributed by atoms with van der Waals surface area (Å²) < 4.78 is 26.4. The molecule has 5 nitrogen and oxygen atoms in total. The summed E-state index contributed by atoms with van der Waals surface area (Å²) in [5.74, 6) is -0.393. The minimum Gasteiger partial charge on any atom is -0.351 e. The number of nitrogens with one attached hydrogen (secondary N) is 2. The fourth-order valence-electron chi connectivity index (χ4n) is 1.40. The Balaban J connectivity index is 2.76. The highest BCUT2D eigenvalue weighted by atomic mass is 32.2. The second-order valence-electron chi connectivity index (χ2n) is 4.19. The summed E-state index contributed by atoms with van der Waals surface area (Å²) >= 11 is 0. The molecule has 0 spiro atoms. The van der Waals surface area contributed by atoms with Crippen LogP contribution in [0.25, 0.3) is 0 Å². The summed E-state index contributed by atoms with van der Waals surface area (Å²) in [6, 6.07) is 5.58. The first kappa shape index (κ1) is 15.4.